The van der Waals surface area contributed by atoms with E-state index in [0.717, 1.165) is 29.5 Å². The molecule has 0 bridgehead atoms. The van der Waals surface area contributed by atoms with Gasteiger partial charge in [-0.25, -0.2) is 4.98 Å². The van der Waals surface area contributed by atoms with Crippen molar-refractivity contribution in [1.29, 1.82) is 0 Å². The maximum Gasteiger partial charge on any atom is 0.221 e. The number of likely N-dealkylation sites (tertiary alicyclic amines) is 2. The van der Waals surface area contributed by atoms with E-state index in [1.54, 1.807) is 26.6 Å². The number of ether oxygens (including phenoxy) is 1. The Labute approximate surface area is 156 Å². The molecule has 2 unspecified atom stereocenters. The van der Waals surface area contributed by atoms with Crippen molar-refractivity contribution in [2.75, 3.05) is 53.2 Å². The predicted molar refractivity (Wildman–Crippen MR) is 107 cm³/mol. The highest BCUT2D eigenvalue weighted by Gasteiger charge is 2.35. The third kappa shape index (κ3) is 5.52. The van der Waals surface area contributed by atoms with Crippen LogP contribution >= 0.6 is 0 Å². The largest absolute Gasteiger partial charge is 0.388 e. The summed E-state index contributed by atoms with van der Waals surface area (Å²) in [5.41, 5.74) is 6.13. The lowest BCUT2D eigenvalue weighted by atomic mass is 9.92. The summed E-state index contributed by atoms with van der Waals surface area (Å²) in [5.74, 6) is 1.28. The summed E-state index contributed by atoms with van der Waals surface area (Å²) < 4.78 is 4.25. The number of methoxy groups -OCH3 is 1. The topological polar surface area (TPSA) is 83.3 Å². The predicted octanol–water partition coefficient (Wildman–Crippen LogP) is 2.00. The third-order valence-electron chi connectivity index (χ3n) is 4.93. The van der Waals surface area contributed by atoms with Gasteiger partial charge >= 0.3 is 0 Å². The molecule has 0 radical (unpaired) electrons. The van der Waals surface area contributed by atoms with Crippen LogP contribution in [-0.2, 0) is 4.74 Å². The van der Waals surface area contributed by atoms with Gasteiger partial charge in [0, 0.05) is 51.1 Å². The molecular weight excluding hydrogens is 328 g/mol. The normalized spacial score (nSPS) is 22.7. The average molecular weight is 361 g/mol. The number of fused-ring (bicyclic) bond motifs is 2. The fraction of sp³-hybridized carbons (Fsp3) is 0.579. The molecule has 0 spiro atoms. The van der Waals surface area contributed by atoms with Crippen LogP contribution in [0.25, 0.3) is 11.0 Å². The Morgan fingerprint density at radius 3 is 2.85 bits per heavy atom. The molecule has 2 aliphatic rings. The van der Waals surface area contributed by atoms with Crippen molar-refractivity contribution in [3.63, 3.8) is 0 Å². The number of hydrogen-bond acceptors (Lipinski definition) is 6. The minimum atomic E-state index is 0.301. The molecule has 2 atom stereocenters. The molecule has 0 saturated carbocycles. The minimum Gasteiger partial charge on any atom is -0.388 e. The molecule has 2 aliphatic heterocycles. The zero-order valence-corrected chi connectivity index (χ0v) is 16.2. The van der Waals surface area contributed by atoms with Gasteiger partial charge in [-0.3, -0.25) is 4.90 Å². The van der Waals surface area contributed by atoms with Crippen LogP contribution < -0.4 is 5.73 Å². The first-order chi connectivity index (χ1) is 12.6. The first-order valence-corrected chi connectivity index (χ1v) is 9.08. The van der Waals surface area contributed by atoms with Gasteiger partial charge in [-0.2, -0.15) is 4.98 Å². The third-order valence-corrected chi connectivity index (χ3v) is 4.93. The lowest BCUT2D eigenvalue weighted by Crippen LogP contribution is -2.46. The van der Waals surface area contributed by atoms with Crippen LogP contribution in [-0.4, -0.2) is 78.2 Å². The van der Waals surface area contributed by atoms with Gasteiger partial charge < -0.3 is 20.4 Å². The Kier molecular flexibility index (Phi) is 8.03. The maximum atomic E-state index is 5.34. The van der Waals surface area contributed by atoms with Gasteiger partial charge in [0.1, 0.15) is 5.65 Å². The van der Waals surface area contributed by atoms with Gasteiger partial charge in [0.25, 0.3) is 0 Å². The summed E-state index contributed by atoms with van der Waals surface area (Å²) in [5, 5.41) is 0.981. The quantitative estimate of drug-likeness (QED) is 0.797. The first kappa shape index (κ1) is 20.4. The Bertz CT molecular complexity index is 673. The van der Waals surface area contributed by atoms with Crippen molar-refractivity contribution in [2.24, 2.45) is 5.92 Å². The molecule has 2 saturated heterocycles. The van der Waals surface area contributed by atoms with Crippen molar-refractivity contribution in [2.45, 2.75) is 18.9 Å². The highest BCUT2D eigenvalue weighted by atomic mass is 16.4. The lowest BCUT2D eigenvalue weighted by Gasteiger charge is -2.36. The fourth-order valence-electron chi connectivity index (χ4n) is 3.62. The second-order valence-electron chi connectivity index (χ2n) is 6.85. The van der Waals surface area contributed by atoms with Crippen molar-refractivity contribution in [3.8, 4) is 0 Å². The van der Waals surface area contributed by atoms with Crippen molar-refractivity contribution >= 4 is 17.0 Å². The molecule has 2 aromatic heterocycles. The molecule has 2 fully saturated rings. The number of hydrogen-bond donors (Lipinski definition) is 2. The van der Waals surface area contributed by atoms with Crippen molar-refractivity contribution in [3.05, 3.63) is 31.1 Å². The van der Waals surface area contributed by atoms with Crippen LogP contribution in [0.4, 0.5) is 5.95 Å². The molecule has 0 aliphatic carbocycles. The molecule has 7 nitrogen and oxygen atoms in total. The maximum absolute atomic E-state index is 5.34. The van der Waals surface area contributed by atoms with Gasteiger partial charge in [-0.1, -0.05) is 6.08 Å². The summed E-state index contributed by atoms with van der Waals surface area (Å²) in [6, 6.07) is 2.73. The standard InChI is InChI=1S/C11H20N2.C6H6N4.C2H6O/c1-3-6-13-8-5-10-4-7-12(2)11(10)9-13;7-6-9-3-4-1-2-8-5(4)10-6;1-3-2/h3,10-11H,1,4-9H2,2H3;1-3H,(H3,7,8,9,10);1-2H3. The Hall–Kier alpha value is -1.96. The molecule has 26 heavy (non-hydrogen) atoms. The number of aromatic amines is 1. The first-order valence-electron chi connectivity index (χ1n) is 9.08. The molecule has 0 amide bonds. The number of nitrogens with one attached hydrogen (secondary N) is 1. The lowest BCUT2D eigenvalue weighted by molar-refractivity contribution is 0.128. The molecule has 144 valence electrons. The number of rotatable bonds is 2. The Balaban J connectivity index is 0.000000167. The van der Waals surface area contributed by atoms with Crippen LogP contribution in [0.5, 0.6) is 0 Å². The molecular formula is C19H32N6O. The van der Waals surface area contributed by atoms with E-state index >= 15 is 0 Å². The van der Waals surface area contributed by atoms with E-state index in [1.165, 1.54) is 32.5 Å². The molecule has 4 rings (SSSR count). The van der Waals surface area contributed by atoms with Crippen LogP contribution in [0.3, 0.4) is 0 Å². The highest BCUT2D eigenvalue weighted by molar-refractivity contribution is 5.74. The van der Waals surface area contributed by atoms with E-state index in [4.69, 9.17) is 5.73 Å². The van der Waals surface area contributed by atoms with Crippen LogP contribution in [0.15, 0.2) is 31.1 Å². The Morgan fingerprint density at radius 1 is 1.38 bits per heavy atom. The van der Waals surface area contributed by atoms with E-state index in [1.807, 2.05) is 12.1 Å². The number of likely N-dealkylation sites (N-methyl/N-ethyl adjacent to an activating group) is 1. The van der Waals surface area contributed by atoms with Gasteiger partial charge in [-0.05, 0) is 45.0 Å². The highest BCUT2D eigenvalue weighted by Crippen LogP contribution is 2.30. The summed E-state index contributed by atoms with van der Waals surface area (Å²) in [7, 11) is 5.52. The van der Waals surface area contributed by atoms with Crippen LogP contribution in [0, 0.1) is 5.92 Å². The molecule has 3 N–H and O–H groups in total. The van der Waals surface area contributed by atoms with E-state index in [2.05, 4.69) is 43.1 Å². The summed E-state index contributed by atoms with van der Waals surface area (Å²) in [6.07, 6.45) is 8.33. The number of nitrogen functional groups attached to an aromatic ring is 1. The van der Waals surface area contributed by atoms with Gasteiger partial charge in [0.15, 0.2) is 0 Å². The zero-order valence-electron chi connectivity index (χ0n) is 16.2. The van der Waals surface area contributed by atoms with Crippen molar-refractivity contribution in [1.82, 2.24) is 24.8 Å². The Morgan fingerprint density at radius 2 is 2.12 bits per heavy atom. The molecule has 4 heterocycles. The molecule has 7 heteroatoms. The summed E-state index contributed by atoms with van der Waals surface area (Å²) >= 11 is 0. The second-order valence-corrected chi connectivity index (χ2v) is 6.85. The van der Waals surface area contributed by atoms with E-state index < -0.39 is 0 Å². The SMILES string of the molecule is C=CCN1CCC2CCN(C)C2C1.COC.Nc1ncc2cc[nH]c2n1. The summed E-state index contributed by atoms with van der Waals surface area (Å²) in [6.45, 7) is 8.71. The molecule has 0 aromatic carbocycles. The summed E-state index contributed by atoms with van der Waals surface area (Å²) in [4.78, 5) is 15.8. The van der Waals surface area contributed by atoms with Gasteiger partial charge in [0.2, 0.25) is 5.95 Å². The van der Waals surface area contributed by atoms with E-state index in [0.29, 0.717) is 5.95 Å². The minimum absolute atomic E-state index is 0.301. The van der Waals surface area contributed by atoms with Crippen LogP contribution in [0.1, 0.15) is 12.8 Å². The number of H-pyrrole nitrogens is 1. The number of anilines is 1. The number of nitrogens with zero attached hydrogens (tertiary/aromatic N) is 4. The van der Waals surface area contributed by atoms with Gasteiger partial charge in [-0.15, -0.1) is 6.58 Å². The molecule has 2 aromatic rings. The smallest absolute Gasteiger partial charge is 0.221 e. The van der Waals surface area contributed by atoms with E-state index in [9.17, 15) is 0 Å². The monoisotopic (exact) mass is 360 g/mol. The van der Waals surface area contributed by atoms with Crippen molar-refractivity contribution < 1.29 is 4.74 Å². The average Bonchev–Trinajstić information content (AvgIpc) is 3.23. The number of nitrogens with two attached hydrogens (primary N) is 1. The fourth-order valence-corrected chi connectivity index (χ4v) is 3.62. The zero-order chi connectivity index (χ0) is 18.9. The van der Waals surface area contributed by atoms with Gasteiger partial charge in [0.05, 0.1) is 0 Å². The number of aromatic nitrogens is 3. The van der Waals surface area contributed by atoms with Crippen LogP contribution in [0.2, 0.25) is 0 Å². The number of piperidine rings is 1. The van der Waals surface area contributed by atoms with E-state index in [-0.39, 0.29) is 0 Å². The second kappa shape index (κ2) is 10.3.